The Morgan fingerprint density at radius 3 is 2.30 bits per heavy atom. The van der Waals surface area contributed by atoms with Gasteiger partial charge in [-0.15, -0.1) is 0 Å². The van der Waals surface area contributed by atoms with Gasteiger partial charge in [0.15, 0.2) is 0 Å². The van der Waals surface area contributed by atoms with Crippen molar-refractivity contribution in [1.29, 1.82) is 5.26 Å². The summed E-state index contributed by atoms with van der Waals surface area (Å²) in [6, 6.07) is 10.4. The second kappa shape index (κ2) is 6.53. The number of aryl methyl sites for hydroxylation is 1. The van der Waals surface area contributed by atoms with Gasteiger partial charge >= 0.3 is 0 Å². The van der Waals surface area contributed by atoms with E-state index in [4.69, 9.17) is 0 Å². The van der Waals surface area contributed by atoms with Gasteiger partial charge < -0.3 is 4.90 Å². The molecule has 0 aromatic heterocycles. The van der Waals surface area contributed by atoms with Crippen LogP contribution in [0.4, 0.5) is 0 Å². The first-order valence-electron chi connectivity index (χ1n) is 7.13. The number of hydrogen-bond donors (Lipinski definition) is 0. The predicted molar refractivity (Wildman–Crippen MR) is 78.0 cm³/mol. The highest BCUT2D eigenvalue weighted by molar-refractivity contribution is 5.73. The number of amides is 1. The summed E-state index contributed by atoms with van der Waals surface area (Å²) in [7, 11) is 0. The van der Waals surface area contributed by atoms with Crippen LogP contribution >= 0.6 is 0 Å². The third-order valence-corrected chi connectivity index (χ3v) is 3.95. The Labute approximate surface area is 120 Å². The van der Waals surface area contributed by atoms with E-state index in [0.29, 0.717) is 13.1 Å². The molecule has 1 aliphatic rings. The molecule has 0 radical (unpaired) electrons. The molecule has 0 N–H and O–H groups in total. The zero-order valence-corrected chi connectivity index (χ0v) is 12.2. The highest BCUT2D eigenvalue weighted by Crippen LogP contribution is 2.22. The Morgan fingerprint density at radius 1 is 1.25 bits per heavy atom. The van der Waals surface area contributed by atoms with Crippen LogP contribution in [0, 0.1) is 11.3 Å². The molecule has 4 nitrogen and oxygen atoms in total. The molecular formula is C16H21N3O. The molecule has 1 fully saturated rings. The molecular weight excluding hydrogens is 250 g/mol. The van der Waals surface area contributed by atoms with Crippen LogP contribution in [0.25, 0.3) is 0 Å². The molecule has 0 aliphatic carbocycles. The number of nitrogens with zero attached hydrogens (tertiary/aromatic N) is 3. The van der Waals surface area contributed by atoms with Crippen LogP contribution in [0.5, 0.6) is 0 Å². The van der Waals surface area contributed by atoms with Crippen molar-refractivity contribution in [2.24, 2.45) is 0 Å². The molecule has 2 rings (SSSR count). The lowest BCUT2D eigenvalue weighted by molar-refractivity contribution is -0.130. The third-order valence-electron chi connectivity index (χ3n) is 3.95. The number of carbonyl (C=O) groups excluding carboxylic acids is 1. The van der Waals surface area contributed by atoms with E-state index in [1.54, 1.807) is 6.92 Å². The summed E-state index contributed by atoms with van der Waals surface area (Å²) < 4.78 is 0. The molecule has 1 aromatic carbocycles. The Hall–Kier alpha value is -1.86. The van der Waals surface area contributed by atoms with E-state index >= 15 is 0 Å². The van der Waals surface area contributed by atoms with Crippen LogP contribution < -0.4 is 0 Å². The average Bonchev–Trinajstić information content (AvgIpc) is 2.49. The van der Waals surface area contributed by atoms with Crippen molar-refractivity contribution in [2.75, 3.05) is 26.2 Å². The summed E-state index contributed by atoms with van der Waals surface area (Å²) in [5.41, 5.74) is 2.33. The van der Waals surface area contributed by atoms with E-state index < -0.39 is 0 Å². The van der Waals surface area contributed by atoms with Crippen LogP contribution in [0.1, 0.15) is 31.0 Å². The van der Waals surface area contributed by atoms with Crippen molar-refractivity contribution >= 4 is 5.91 Å². The number of hydrogen-bond acceptors (Lipinski definition) is 3. The lowest BCUT2D eigenvalue weighted by Gasteiger charge is -2.36. The molecule has 1 heterocycles. The van der Waals surface area contributed by atoms with E-state index in [0.717, 1.165) is 25.1 Å². The molecule has 1 aromatic rings. The normalized spacial score (nSPS) is 17.6. The van der Waals surface area contributed by atoms with E-state index in [-0.39, 0.29) is 11.9 Å². The van der Waals surface area contributed by atoms with Crippen LogP contribution in [-0.4, -0.2) is 41.9 Å². The minimum atomic E-state index is -0.213. The van der Waals surface area contributed by atoms with Gasteiger partial charge in [0.05, 0.1) is 6.07 Å². The first-order valence-corrected chi connectivity index (χ1v) is 7.13. The smallest absolute Gasteiger partial charge is 0.219 e. The van der Waals surface area contributed by atoms with Gasteiger partial charge in [-0.2, -0.15) is 5.26 Å². The molecule has 1 unspecified atom stereocenters. The summed E-state index contributed by atoms with van der Waals surface area (Å²) in [6.45, 7) is 6.65. The van der Waals surface area contributed by atoms with Gasteiger partial charge in [0.1, 0.15) is 6.04 Å². The van der Waals surface area contributed by atoms with Crippen molar-refractivity contribution < 1.29 is 4.79 Å². The summed E-state index contributed by atoms with van der Waals surface area (Å²) in [5, 5.41) is 9.46. The average molecular weight is 271 g/mol. The molecule has 0 spiro atoms. The van der Waals surface area contributed by atoms with Gasteiger partial charge in [-0.3, -0.25) is 9.69 Å². The molecule has 20 heavy (non-hydrogen) atoms. The Bertz CT molecular complexity index is 495. The first-order chi connectivity index (χ1) is 9.65. The maximum atomic E-state index is 11.3. The fourth-order valence-corrected chi connectivity index (χ4v) is 2.60. The minimum Gasteiger partial charge on any atom is -0.340 e. The van der Waals surface area contributed by atoms with Crippen molar-refractivity contribution in [3.05, 3.63) is 35.4 Å². The van der Waals surface area contributed by atoms with Crippen molar-refractivity contribution in [1.82, 2.24) is 9.80 Å². The van der Waals surface area contributed by atoms with E-state index in [2.05, 4.69) is 30.0 Å². The molecule has 106 valence electrons. The van der Waals surface area contributed by atoms with Crippen LogP contribution in [0.3, 0.4) is 0 Å². The van der Waals surface area contributed by atoms with Crippen LogP contribution in [0.15, 0.2) is 24.3 Å². The Morgan fingerprint density at radius 2 is 1.85 bits per heavy atom. The summed E-state index contributed by atoms with van der Waals surface area (Å²) >= 11 is 0. The van der Waals surface area contributed by atoms with Gasteiger partial charge in [0.25, 0.3) is 0 Å². The third kappa shape index (κ3) is 3.17. The van der Waals surface area contributed by atoms with Crippen LogP contribution in [0.2, 0.25) is 0 Å². The fourth-order valence-electron chi connectivity index (χ4n) is 2.60. The van der Waals surface area contributed by atoms with E-state index in [1.807, 2.05) is 17.0 Å². The number of piperazine rings is 1. The molecule has 0 saturated carbocycles. The topological polar surface area (TPSA) is 47.3 Å². The molecule has 0 bridgehead atoms. The lowest BCUT2D eigenvalue weighted by Crippen LogP contribution is -2.48. The fraction of sp³-hybridized carbons (Fsp3) is 0.500. The van der Waals surface area contributed by atoms with Gasteiger partial charge in [-0.25, -0.2) is 0 Å². The largest absolute Gasteiger partial charge is 0.340 e. The van der Waals surface area contributed by atoms with Crippen molar-refractivity contribution in [3.8, 4) is 6.07 Å². The monoisotopic (exact) mass is 271 g/mol. The van der Waals surface area contributed by atoms with E-state index in [9.17, 15) is 10.1 Å². The van der Waals surface area contributed by atoms with Gasteiger partial charge in [-0.05, 0) is 17.5 Å². The molecule has 1 saturated heterocycles. The summed E-state index contributed by atoms with van der Waals surface area (Å²) in [6.07, 6.45) is 1.01. The second-order valence-electron chi connectivity index (χ2n) is 5.17. The number of benzene rings is 1. The highest BCUT2D eigenvalue weighted by atomic mass is 16.2. The minimum absolute atomic E-state index is 0.116. The van der Waals surface area contributed by atoms with Gasteiger partial charge in [0.2, 0.25) is 5.91 Å². The van der Waals surface area contributed by atoms with Gasteiger partial charge in [0, 0.05) is 33.1 Å². The quantitative estimate of drug-likeness (QED) is 0.844. The second-order valence-corrected chi connectivity index (χ2v) is 5.17. The maximum absolute atomic E-state index is 11.3. The molecule has 1 amide bonds. The predicted octanol–water partition coefficient (Wildman–Crippen LogP) is 1.98. The molecule has 1 aliphatic heterocycles. The van der Waals surface area contributed by atoms with Gasteiger partial charge in [-0.1, -0.05) is 31.2 Å². The van der Waals surface area contributed by atoms with Crippen molar-refractivity contribution in [2.45, 2.75) is 26.3 Å². The first kappa shape index (κ1) is 14.5. The SMILES string of the molecule is CCc1ccc(C(C#N)N2CCN(C(C)=O)CC2)cc1. The zero-order chi connectivity index (χ0) is 14.5. The van der Waals surface area contributed by atoms with Crippen molar-refractivity contribution in [3.63, 3.8) is 0 Å². The number of nitriles is 1. The Kier molecular flexibility index (Phi) is 4.75. The lowest BCUT2D eigenvalue weighted by atomic mass is 10.0. The molecule has 1 atom stereocenters. The highest BCUT2D eigenvalue weighted by Gasteiger charge is 2.25. The maximum Gasteiger partial charge on any atom is 0.219 e. The zero-order valence-electron chi connectivity index (χ0n) is 12.2. The van der Waals surface area contributed by atoms with Crippen LogP contribution in [-0.2, 0) is 11.2 Å². The van der Waals surface area contributed by atoms with E-state index in [1.165, 1.54) is 5.56 Å². The number of carbonyl (C=O) groups is 1. The molecule has 4 heteroatoms. The standard InChI is InChI=1S/C16H21N3O/c1-3-14-4-6-15(7-5-14)16(12-17)19-10-8-18(9-11-19)13(2)20/h4-7,16H,3,8-11H2,1-2H3. The summed E-state index contributed by atoms with van der Waals surface area (Å²) in [5.74, 6) is 0.116. The summed E-state index contributed by atoms with van der Waals surface area (Å²) in [4.78, 5) is 15.3. The Balaban J connectivity index is 2.05. The number of rotatable bonds is 3.